The molecule has 0 aromatic heterocycles. The first-order valence-corrected chi connectivity index (χ1v) is 9.30. The van der Waals surface area contributed by atoms with E-state index in [0.29, 0.717) is 13.1 Å². The van der Waals surface area contributed by atoms with E-state index in [-0.39, 0.29) is 19.9 Å². The first-order chi connectivity index (χ1) is 9.82. The minimum absolute atomic E-state index is 0.0215. The summed E-state index contributed by atoms with van der Waals surface area (Å²) in [5.41, 5.74) is 0. The molecule has 0 heterocycles. The molecule has 0 saturated heterocycles. The van der Waals surface area contributed by atoms with Gasteiger partial charge in [-0.25, -0.2) is 9.13 Å². The van der Waals surface area contributed by atoms with E-state index in [9.17, 15) is 14.0 Å². The van der Waals surface area contributed by atoms with Crippen molar-refractivity contribution in [3.63, 3.8) is 0 Å². The van der Waals surface area contributed by atoms with Crippen molar-refractivity contribution in [1.82, 2.24) is 4.90 Å². The molecule has 10 heteroatoms. The summed E-state index contributed by atoms with van der Waals surface area (Å²) in [6, 6.07) is 0. The van der Waals surface area contributed by atoms with Crippen LogP contribution in [0.25, 0.3) is 0 Å². The first kappa shape index (κ1) is 20.7. The second-order valence-corrected chi connectivity index (χ2v) is 6.96. The Bertz CT molecular complexity index is 405. The zero-order chi connectivity index (χ0) is 16.4. The molecular formula is C11H23NO7P2. The molecule has 0 amide bonds. The lowest BCUT2D eigenvalue weighted by atomic mass is 10.5. The molecule has 0 radical (unpaired) electrons. The molecule has 21 heavy (non-hydrogen) atoms. The maximum Gasteiger partial charge on any atom is 0.484 e. The molecule has 2 unspecified atom stereocenters. The second kappa shape index (κ2) is 10.4. The molecule has 0 bridgehead atoms. The van der Waals surface area contributed by atoms with Crippen LogP contribution in [0.15, 0.2) is 25.3 Å². The molecule has 1 N–H and O–H groups in total. The van der Waals surface area contributed by atoms with Crippen molar-refractivity contribution in [2.45, 2.75) is 13.8 Å². The van der Waals surface area contributed by atoms with Crippen molar-refractivity contribution in [3.05, 3.63) is 25.3 Å². The highest BCUT2D eigenvalue weighted by Gasteiger charge is 2.38. The van der Waals surface area contributed by atoms with Gasteiger partial charge in [-0.2, -0.15) is 4.31 Å². The molecule has 8 nitrogen and oxygen atoms in total. The zero-order valence-electron chi connectivity index (χ0n) is 12.3. The van der Waals surface area contributed by atoms with Crippen LogP contribution in [0.3, 0.4) is 0 Å². The highest BCUT2D eigenvalue weighted by Crippen LogP contribution is 2.63. The first-order valence-electron chi connectivity index (χ1n) is 6.34. The van der Waals surface area contributed by atoms with Gasteiger partial charge in [-0.1, -0.05) is 12.2 Å². The summed E-state index contributed by atoms with van der Waals surface area (Å²) < 4.78 is 42.7. The van der Waals surface area contributed by atoms with Crippen LogP contribution in [0.5, 0.6) is 0 Å². The third-order valence-corrected chi connectivity index (χ3v) is 5.17. The Hall–Kier alpha value is -0.300. The van der Waals surface area contributed by atoms with Crippen LogP contribution in [-0.2, 0) is 27.0 Å². The van der Waals surface area contributed by atoms with Gasteiger partial charge in [-0.05, 0) is 13.8 Å². The van der Waals surface area contributed by atoms with Crippen LogP contribution >= 0.6 is 15.6 Å². The highest BCUT2D eigenvalue weighted by molar-refractivity contribution is 7.61. The van der Waals surface area contributed by atoms with Gasteiger partial charge in [0, 0.05) is 13.1 Å². The third kappa shape index (κ3) is 9.34. The van der Waals surface area contributed by atoms with Crippen LogP contribution in [0, 0.1) is 0 Å². The van der Waals surface area contributed by atoms with E-state index in [1.165, 1.54) is 6.92 Å². The molecule has 0 aliphatic heterocycles. The molecule has 0 aliphatic carbocycles. The quantitative estimate of drug-likeness (QED) is 0.310. The topological polar surface area (TPSA) is 94.5 Å². The van der Waals surface area contributed by atoms with Gasteiger partial charge in [0.25, 0.3) is 0 Å². The van der Waals surface area contributed by atoms with Crippen molar-refractivity contribution in [2.75, 3.05) is 33.0 Å². The molecule has 0 fully saturated rings. The molecule has 0 aromatic rings. The van der Waals surface area contributed by atoms with Crippen molar-refractivity contribution < 1.29 is 31.9 Å². The van der Waals surface area contributed by atoms with Gasteiger partial charge in [0.2, 0.25) is 0 Å². The van der Waals surface area contributed by atoms with E-state index in [2.05, 4.69) is 22.0 Å². The predicted octanol–water partition coefficient (Wildman–Crippen LogP) is 2.93. The number of nitrogens with zero attached hydrogens (tertiary/aromatic N) is 1. The normalized spacial score (nSPS) is 17.1. The minimum atomic E-state index is -4.51. The van der Waals surface area contributed by atoms with E-state index in [0.717, 1.165) is 0 Å². The van der Waals surface area contributed by atoms with E-state index >= 15 is 0 Å². The standard InChI is InChI=1S/C11H23NO7P2/c1-5-9-12(10-6-2)11-18-21(15,17-8-4)19-20(13,14)16-7-3/h5-6H,1-2,7-11H2,3-4H3,(H,13,14). The molecule has 2 atom stereocenters. The lowest BCUT2D eigenvalue weighted by Gasteiger charge is -2.23. The SMILES string of the molecule is C=CCN(CC=C)COP(=O)(OCC)OP(=O)(O)OCC. The number of hydrogen-bond donors (Lipinski definition) is 1. The fraction of sp³-hybridized carbons (Fsp3) is 0.636. The van der Waals surface area contributed by atoms with Gasteiger partial charge in [-0.3, -0.25) is 18.5 Å². The molecule has 0 aliphatic rings. The van der Waals surface area contributed by atoms with Crippen molar-refractivity contribution in [1.29, 1.82) is 0 Å². The largest absolute Gasteiger partial charge is 0.484 e. The van der Waals surface area contributed by atoms with E-state index < -0.39 is 15.6 Å². The maximum absolute atomic E-state index is 12.3. The van der Waals surface area contributed by atoms with Crippen LogP contribution in [0.4, 0.5) is 0 Å². The summed E-state index contributed by atoms with van der Waals surface area (Å²) in [6.07, 6.45) is 3.24. The number of phosphoric ester groups is 2. The smallest absolute Gasteiger partial charge is 0.302 e. The van der Waals surface area contributed by atoms with Gasteiger partial charge in [0.05, 0.1) is 13.2 Å². The molecule has 124 valence electrons. The van der Waals surface area contributed by atoms with Gasteiger partial charge in [0.1, 0.15) is 6.73 Å². The summed E-state index contributed by atoms with van der Waals surface area (Å²) >= 11 is 0. The molecule has 0 aromatic carbocycles. The lowest BCUT2D eigenvalue weighted by Crippen LogP contribution is -2.26. The van der Waals surface area contributed by atoms with Crippen LogP contribution in [-0.4, -0.2) is 42.8 Å². The average Bonchev–Trinajstić information content (AvgIpc) is 2.36. The predicted molar refractivity (Wildman–Crippen MR) is 79.7 cm³/mol. The Kier molecular flexibility index (Phi) is 10.3. The van der Waals surface area contributed by atoms with Gasteiger partial charge < -0.3 is 4.89 Å². The van der Waals surface area contributed by atoms with Crippen LogP contribution in [0.2, 0.25) is 0 Å². The third-order valence-electron chi connectivity index (χ3n) is 1.96. The van der Waals surface area contributed by atoms with Crippen molar-refractivity contribution in [2.24, 2.45) is 0 Å². The number of phosphoric acid groups is 2. The number of hydrogen-bond acceptors (Lipinski definition) is 7. The van der Waals surface area contributed by atoms with E-state index in [1.54, 1.807) is 24.0 Å². The zero-order valence-corrected chi connectivity index (χ0v) is 14.1. The van der Waals surface area contributed by atoms with Gasteiger partial charge in [-0.15, -0.1) is 13.2 Å². The van der Waals surface area contributed by atoms with E-state index in [1.807, 2.05) is 0 Å². The van der Waals surface area contributed by atoms with Gasteiger partial charge in [0.15, 0.2) is 0 Å². The molecular weight excluding hydrogens is 320 g/mol. The summed E-state index contributed by atoms with van der Waals surface area (Å²) in [6.45, 7) is 10.8. The summed E-state index contributed by atoms with van der Waals surface area (Å²) in [7, 11) is -8.73. The molecule has 0 rings (SSSR count). The maximum atomic E-state index is 12.3. The van der Waals surface area contributed by atoms with Gasteiger partial charge >= 0.3 is 15.6 Å². The average molecular weight is 343 g/mol. The second-order valence-electron chi connectivity index (χ2n) is 3.70. The van der Waals surface area contributed by atoms with Crippen LogP contribution < -0.4 is 0 Å². The Morgan fingerprint density at radius 1 is 1.05 bits per heavy atom. The number of rotatable bonds is 13. The Balaban J connectivity index is 4.78. The Labute approximate surface area is 125 Å². The lowest BCUT2D eigenvalue weighted by molar-refractivity contribution is 0.0835. The highest BCUT2D eigenvalue weighted by atomic mass is 31.3. The monoisotopic (exact) mass is 343 g/mol. The Morgan fingerprint density at radius 3 is 2.00 bits per heavy atom. The molecule has 0 spiro atoms. The summed E-state index contributed by atoms with van der Waals surface area (Å²) in [5.74, 6) is 0. The van der Waals surface area contributed by atoms with Crippen molar-refractivity contribution in [3.8, 4) is 0 Å². The fourth-order valence-electron chi connectivity index (χ4n) is 1.25. The van der Waals surface area contributed by atoms with E-state index in [4.69, 9.17) is 9.05 Å². The summed E-state index contributed by atoms with van der Waals surface area (Å²) in [4.78, 5) is 11.1. The summed E-state index contributed by atoms with van der Waals surface area (Å²) in [5, 5.41) is 0. The molecule has 0 saturated carbocycles. The van der Waals surface area contributed by atoms with Crippen LogP contribution in [0.1, 0.15) is 13.8 Å². The van der Waals surface area contributed by atoms with Crippen molar-refractivity contribution >= 4 is 15.6 Å². The fourth-order valence-corrected chi connectivity index (χ4v) is 3.85. The Morgan fingerprint density at radius 2 is 1.57 bits per heavy atom. The minimum Gasteiger partial charge on any atom is -0.302 e.